The Bertz CT molecular complexity index is 1010. The van der Waals surface area contributed by atoms with Gasteiger partial charge in [-0.2, -0.15) is 0 Å². The van der Waals surface area contributed by atoms with Crippen LogP contribution in [0.1, 0.15) is 30.7 Å². The van der Waals surface area contributed by atoms with E-state index >= 15 is 0 Å². The van der Waals surface area contributed by atoms with Crippen LogP contribution in [0.15, 0.2) is 24.5 Å². The molecular weight excluding hydrogens is 360 g/mol. The molecule has 0 radical (unpaired) electrons. The van der Waals surface area contributed by atoms with Gasteiger partial charge in [-0.05, 0) is 48.9 Å². The number of nitrogens with one attached hydrogen (secondary N) is 2. The number of ether oxygens (including phenoxy) is 1. The summed E-state index contributed by atoms with van der Waals surface area (Å²) in [6.07, 6.45) is 4.95. The number of carbonyl (C=O) groups is 1. The first-order valence-corrected chi connectivity index (χ1v) is 9.84. The molecule has 1 amide bonds. The highest BCUT2D eigenvalue weighted by atomic mass is 32.1. The van der Waals surface area contributed by atoms with Crippen molar-refractivity contribution in [3.05, 3.63) is 35.0 Å². The van der Waals surface area contributed by atoms with Crippen LogP contribution in [0, 0.1) is 5.92 Å². The second-order valence-electron chi connectivity index (χ2n) is 6.98. The normalized spacial score (nSPS) is 16.0. The van der Waals surface area contributed by atoms with Gasteiger partial charge in [0.2, 0.25) is 5.91 Å². The Morgan fingerprint density at radius 1 is 1.33 bits per heavy atom. The number of hydrogen-bond acceptors (Lipinski definition) is 6. The molecule has 1 unspecified atom stereocenters. The topological polar surface area (TPSA) is 76.1 Å². The van der Waals surface area contributed by atoms with E-state index in [9.17, 15) is 4.79 Å². The molecule has 1 atom stereocenters. The molecule has 1 aromatic carbocycles. The van der Waals surface area contributed by atoms with Crippen molar-refractivity contribution >= 4 is 44.7 Å². The van der Waals surface area contributed by atoms with E-state index in [1.807, 2.05) is 18.2 Å². The van der Waals surface area contributed by atoms with Gasteiger partial charge in [-0.25, -0.2) is 9.97 Å². The summed E-state index contributed by atoms with van der Waals surface area (Å²) in [5, 5.41) is 7.32. The molecule has 1 aliphatic rings. The molecule has 2 N–H and O–H groups in total. The van der Waals surface area contributed by atoms with Gasteiger partial charge < -0.3 is 15.4 Å². The molecule has 0 fully saturated rings. The van der Waals surface area contributed by atoms with Gasteiger partial charge in [-0.3, -0.25) is 4.79 Å². The first-order chi connectivity index (χ1) is 13.0. The molecule has 0 bridgehead atoms. The summed E-state index contributed by atoms with van der Waals surface area (Å²) in [6, 6.07) is 5.50. The third-order valence-corrected chi connectivity index (χ3v) is 6.03. The number of thiophene rings is 1. The Balaban J connectivity index is 1.77. The lowest BCUT2D eigenvalue weighted by Gasteiger charge is -2.18. The Morgan fingerprint density at radius 3 is 2.96 bits per heavy atom. The van der Waals surface area contributed by atoms with Gasteiger partial charge in [0.25, 0.3) is 0 Å². The number of nitrogens with zero attached hydrogens (tertiary/aromatic N) is 2. The molecule has 0 spiro atoms. The zero-order chi connectivity index (χ0) is 19.0. The number of anilines is 3. The van der Waals surface area contributed by atoms with E-state index in [0.29, 0.717) is 17.4 Å². The van der Waals surface area contributed by atoms with Crippen LogP contribution in [0.3, 0.4) is 0 Å². The third kappa shape index (κ3) is 3.47. The van der Waals surface area contributed by atoms with Gasteiger partial charge in [0.15, 0.2) is 0 Å². The highest BCUT2D eigenvalue weighted by Gasteiger charge is 2.23. The van der Waals surface area contributed by atoms with Gasteiger partial charge in [0, 0.05) is 17.5 Å². The van der Waals surface area contributed by atoms with E-state index in [1.54, 1.807) is 24.8 Å². The van der Waals surface area contributed by atoms with Crippen molar-refractivity contribution < 1.29 is 9.53 Å². The molecule has 0 aliphatic heterocycles. The minimum absolute atomic E-state index is 0.114. The second-order valence-corrected chi connectivity index (χ2v) is 8.06. The van der Waals surface area contributed by atoms with Crippen molar-refractivity contribution in [3.8, 4) is 5.75 Å². The number of carbonyl (C=O) groups excluding carboxylic acids is 1. The zero-order valence-electron chi connectivity index (χ0n) is 15.6. The van der Waals surface area contributed by atoms with Crippen LogP contribution in [0.2, 0.25) is 0 Å². The molecule has 0 saturated heterocycles. The maximum absolute atomic E-state index is 11.4. The number of hydrogen-bond donors (Lipinski definition) is 2. The predicted molar refractivity (Wildman–Crippen MR) is 109 cm³/mol. The molecule has 140 valence electrons. The standard InChI is InChI=1S/C20H22N4O2S/c1-11-4-6-14-17(8-11)27-20-18(14)19(21-10-22-20)24-15-9-13(23-12(2)25)5-7-16(15)26-3/h5,7,9-11H,4,6,8H2,1-3H3,(H,23,25)(H,21,22,24). The molecular formula is C20H22N4O2S. The average Bonchev–Trinajstić information content (AvgIpc) is 3.00. The van der Waals surface area contributed by atoms with Crippen LogP contribution in [-0.4, -0.2) is 23.0 Å². The van der Waals surface area contributed by atoms with Crippen LogP contribution in [0.4, 0.5) is 17.2 Å². The molecule has 3 aromatic rings. The van der Waals surface area contributed by atoms with Gasteiger partial charge in [-0.1, -0.05) is 6.92 Å². The third-order valence-electron chi connectivity index (χ3n) is 4.86. The number of amides is 1. The van der Waals surface area contributed by atoms with Crippen molar-refractivity contribution in [1.29, 1.82) is 0 Å². The number of methoxy groups -OCH3 is 1. The zero-order valence-corrected chi connectivity index (χ0v) is 16.4. The fourth-order valence-corrected chi connectivity index (χ4v) is 4.93. The van der Waals surface area contributed by atoms with Gasteiger partial charge in [0.1, 0.15) is 22.7 Å². The number of fused-ring (bicyclic) bond motifs is 3. The summed E-state index contributed by atoms with van der Waals surface area (Å²) in [7, 11) is 1.63. The summed E-state index contributed by atoms with van der Waals surface area (Å²) in [4.78, 5) is 22.8. The van der Waals surface area contributed by atoms with Crippen LogP contribution in [-0.2, 0) is 17.6 Å². The van der Waals surface area contributed by atoms with Gasteiger partial charge in [0.05, 0.1) is 18.2 Å². The molecule has 1 aliphatic carbocycles. The number of rotatable bonds is 4. The van der Waals surface area contributed by atoms with Crippen molar-refractivity contribution in [1.82, 2.24) is 9.97 Å². The summed E-state index contributed by atoms with van der Waals surface area (Å²) in [5.41, 5.74) is 2.83. The van der Waals surface area contributed by atoms with Gasteiger partial charge in [-0.15, -0.1) is 11.3 Å². The lowest BCUT2D eigenvalue weighted by molar-refractivity contribution is -0.114. The summed E-state index contributed by atoms with van der Waals surface area (Å²) in [5.74, 6) is 2.07. The molecule has 2 heterocycles. The van der Waals surface area contributed by atoms with Crippen LogP contribution in [0.5, 0.6) is 5.75 Å². The Labute approximate surface area is 162 Å². The molecule has 0 saturated carbocycles. The molecule has 7 heteroatoms. The van der Waals surface area contributed by atoms with E-state index in [1.165, 1.54) is 23.8 Å². The van der Waals surface area contributed by atoms with Crippen LogP contribution in [0.25, 0.3) is 10.2 Å². The predicted octanol–water partition coefficient (Wildman–Crippen LogP) is 4.53. The highest BCUT2D eigenvalue weighted by Crippen LogP contribution is 2.41. The van der Waals surface area contributed by atoms with E-state index in [-0.39, 0.29) is 5.91 Å². The molecule has 6 nitrogen and oxygen atoms in total. The van der Waals surface area contributed by atoms with Crippen molar-refractivity contribution in [3.63, 3.8) is 0 Å². The average molecular weight is 382 g/mol. The molecule has 4 rings (SSSR count). The van der Waals surface area contributed by atoms with Crippen molar-refractivity contribution in [2.45, 2.75) is 33.1 Å². The maximum Gasteiger partial charge on any atom is 0.221 e. The largest absolute Gasteiger partial charge is 0.495 e. The van der Waals surface area contributed by atoms with E-state index < -0.39 is 0 Å². The number of aromatic nitrogens is 2. The highest BCUT2D eigenvalue weighted by molar-refractivity contribution is 7.19. The summed E-state index contributed by atoms with van der Waals surface area (Å²) < 4.78 is 5.48. The smallest absolute Gasteiger partial charge is 0.221 e. The van der Waals surface area contributed by atoms with E-state index in [2.05, 4.69) is 27.5 Å². The lowest BCUT2D eigenvalue weighted by atomic mass is 9.89. The monoisotopic (exact) mass is 382 g/mol. The number of aryl methyl sites for hydroxylation is 1. The lowest BCUT2D eigenvalue weighted by Crippen LogP contribution is -2.09. The maximum atomic E-state index is 11.4. The van der Waals surface area contributed by atoms with E-state index in [0.717, 1.165) is 34.6 Å². The Hall–Kier alpha value is -2.67. The fourth-order valence-electron chi connectivity index (χ4n) is 3.58. The second kappa shape index (κ2) is 7.15. The van der Waals surface area contributed by atoms with Crippen LogP contribution >= 0.6 is 11.3 Å². The first kappa shape index (κ1) is 17.7. The summed E-state index contributed by atoms with van der Waals surface area (Å²) >= 11 is 1.77. The minimum atomic E-state index is -0.114. The van der Waals surface area contributed by atoms with Crippen molar-refractivity contribution in [2.75, 3.05) is 17.7 Å². The number of benzene rings is 1. The van der Waals surface area contributed by atoms with Crippen molar-refractivity contribution in [2.24, 2.45) is 5.92 Å². The Morgan fingerprint density at radius 2 is 2.19 bits per heavy atom. The molecule has 27 heavy (non-hydrogen) atoms. The fraction of sp³-hybridized carbons (Fsp3) is 0.350. The van der Waals surface area contributed by atoms with E-state index in [4.69, 9.17) is 4.74 Å². The summed E-state index contributed by atoms with van der Waals surface area (Å²) in [6.45, 7) is 3.79. The SMILES string of the molecule is COc1ccc(NC(C)=O)cc1Nc1ncnc2sc3c(c12)CCC(C)C3. The van der Waals surface area contributed by atoms with Gasteiger partial charge >= 0.3 is 0 Å². The van der Waals surface area contributed by atoms with Crippen LogP contribution < -0.4 is 15.4 Å². The minimum Gasteiger partial charge on any atom is -0.495 e. The first-order valence-electron chi connectivity index (χ1n) is 9.03. The quantitative estimate of drug-likeness (QED) is 0.693. The molecule has 2 aromatic heterocycles. The Kier molecular flexibility index (Phi) is 4.70.